The van der Waals surface area contributed by atoms with Crippen LogP contribution in [0.3, 0.4) is 0 Å². The van der Waals surface area contributed by atoms with Crippen molar-refractivity contribution in [2.75, 3.05) is 6.54 Å². The number of fused-ring (bicyclic) bond motifs is 1. The maximum absolute atomic E-state index is 9.85. The maximum atomic E-state index is 9.85. The van der Waals surface area contributed by atoms with Gasteiger partial charge in [-0.2, -0.15) is 5.10 Å². The topological polar surface area (TPSA) is 50.1 Å². The first-order chi connectivity index (χ1) is 8.24. The number of aliphatic hydroxyl groups is 1. The Balaban J connectivity index is 2.02. The van der Waals surface area contributed by atoms with E-state index in [0.29, 0.717) is 6.54 Å². The van der Waals surface area contributed by atoms with Gasteiger partial charge in [-0.25, -0.2) is 4.68 Å². The van der Waals surface area contributed by atoms with Crippen LogP contribution in [0.15, 0.2) is 30.5 Å². The summed E-state index contributed by atoms with van der Waals surface area (Å²) in [7, 11) is 0. The van der Waals surface area contributed by atoms with E-state index in [2.05, 4.69) is 29.5 Å². The van der Waals surface area contributed by atoms with E-state index in [0.717, 1.165) is 23.5 Å². The molecule has 0 spiro atoms. The first-order valence-electron chi connectivity index (χ1n) is 5.78. The number of β-amino-alcohol motifs (C(OH)–C–C–N with tert-alkyl or cyclic N) is 1. The van der Waals surface area contributed by atoms with Crippen molar-refractivity contribution >= 4 is 0 Å². The van der Waals surface area contributed by atoms with E-state index in [-0.39, 0.29) is 0 Å². The number of aromatic nitrogens is 2. The third-order valence-electron chi connectivity index (χ3n) is 3.11. The molecule has 0 aliphatic carbocycles. The number of rotatable bonds is 1. The van der Waals surface area contributed by atoms with Crippen molar-refractivity contribution in [2.45, 2.75) is 19.6 Å². The van der Waals surface area contributed by atoms with E-state index in [1.807, 2.05) is 23.0 Å². The van der Waals surface area contributed by atoms with Gasteiger partial charge in [0.05, 0.1) is 17.5 Å². The summed E-state index contributed by atoms with van der Waals surface area (Å²) in [6.07, 6.45) is 1.48. The minimum atomic E-state index is -0.446. The van der Waals surface area contributed by atoms with Crippen LogP contribution in [-0.4, -0.2) is 21.4 Å². The molecule has 3 rings (SSSR count). The molecule has 1 unspecified atom stereocenters. The quantitative estimate of drug-likeness (QED) is 0.775. The molecule has 88 valence electrons. The summed E-state index contributed by atoms with van der Waals surface area (Å²) in [5.41, 5.74) is 4.12. The van der Waals surface area contributed by atoms with Crippen molar-refractivity contribution in [3.05, 3.63) is 47.3 Å². The first kappa shape index (κ1) is 10.5. The number of aryl methyl sites for hydroxylation is 1. The maximum Gasteiger partial charge on any atom is 0.0948 e. The fourth-order valence-corrected chi connectivity index (χ4v) is 2.11. The molecule has 1 aliphatic rings. The van der Waals surface area contributed by atoms with Crippen LogP contribution in [0.4, 0.5) is 0 Å². The number of nitrogens with zero attached hydrogens (tertiary/aromatic N) is 2. The molecule has 2 aromatic rings. The van der Waals surface area contributed by atoms with Gasteiger partial charge in [0.1, 0.15) is 0 Å². The monoisotopic (exact) mass is 229 g/mol. The number of aliphatic hydroxyl groups excluding tert-OH is 1. The van der Waals surface area contributed by atoms with Crippen LogP contribution in [0.2, 0.25) is 0 Å². The Morgan fingerprint density at radius 2 is 2.12 bits per heavy atom. The molecule has 4 nitrogen and oxygen atoms in total. The van der Waals surface area contributed by atoms with Gasteiger partial charge in [0.15, 0.2) is 0 Å². The average Bonchev–Trinajstić information content (AvgIpc) is 2.75. The Morgan fingerprint density at radius 3 is 2.82 bits per heavy atom. The van der Waals surface area contributed by atoms with Crippen molar-refractivity contribution in [3.8, 4) is 5.69 Å². The Bertz CT molecular complexity index is 530. The Hall–Kier alpha value is -1.65. The van der Waals surface area contributed by atoms with Crippen molar-refractivity contribution < 1.29 is 5.11 Å². The highest BCUT2D eigenvalue weighted by atomic mass is 16.3. The highest BCUT2D eigenvalue weighted by molar-refractivity contribution is 5.36. The van der Waals surface area contributed by atoms with E-state index in [9.17, 15) is 5.11 Å². The molecule has 2 N–H and O–H groups in total. The molecule has 0 bridgehead atoms. The van der Waals surface area contributed by atoms with E-state index in [1.165, 1.54) is 5.56 Å². The Kier molecular flexibility index (Phi) is 2.46. The van der Waals surface area contributed by atoms with Crippen LogP contribution >= 0.6 is 0 Å². The van der Waals surface area contributed by atoms with Crippen LogP contribution in [-0.2, 0) is 6.54 Å². The first-order valence-corrected chi connectivity index (χ1v) is 5.78. The summed E-state index contributed by atoms with van der Waals surface area (Å²) in [5.74, 6) is 0. The van der Waals surface area contributed by atoms with Gasteiger partial charge in [0.25, 0.3) is 0 Å². The normalized spacial score (nSPS) is 19.1. The van der Waals surface area contributed by atoms with Gasteiger partial charge in [0, 0.05) is 24.8 Å². The van der Waals surface area contributed by atoms with E-state index in [1.54, 1.807) is 0 Å². The smallest absolute Gasteiger partial charge is 0.0948 e. The molecule has 4 heteroatoms. The zero-order chi connectivity index (χ0) is 11.8. The molecule has 0 radical (unpaired) electrons. The van der Waals surface area contributed by atoms with Crippen LogP contribution in [0, 0.1) is 6.92 Å². The summed E-state index contributed by atoms with van der Waals surface area (Å²) in [6.45, 7) is 3.39. The second-order valence-corrected chi connectivity index (χ2v) is 4.46. The second-order valence-electron chi connectivity index (χ2n) is 4.46. The molecule has 1 aliphatic heterocycles. The summed E-state index contributed by atoms with van der Waals surface area (Å²) in [5, 5.41) is 17.5. The lowest BCUT2D eigenvalue weighted by Crippen LogP contribution is -2.27. The molecule has 0 fully saturated rings. The zero-order valence-electron chi connectivity index (χ0n) is 9.72. The molecular formula is C13H15N3O. The number of hydrogen-bond acceptors (Lipinski definition) is 3. The average molecular weight is 229 g/mol. The molecule has 0 saturated heterocycles. The Morgan fingerprint density at radius 1 is 1.35 bits per heavy atom. The van der Waals surface area contributed by atoms with Gasteiger partial charge in [-0.15, -0.1) is 0 Å². The molecule has 1 aromatic heterocycles. The molecule has 17 heavy (non-hydrogen) atoms. The van der Waals surface area contributed by atoms with Gasteiger partial charge in [0.2, 0.25) is 0 Å². The minimum absolute atomic E-state index is 0.446. The van der Waals surface area contributed by atoms with E-state index < -0.39 is 6.10 Å². The van der Waals surface area contributed by atoms with Crippen LogP contribution < -0.4 is 5.32 Å². The fraction of sp³-hybridized carbons (Fsp3) is 0.308. The lowest BCUT2D eigenvalue weighted by Gasteiger charge is -2.16. The summed E-state index contributed by atoms with van der Waals surface area (Å²) in [4.78, 5) is 0. The minimum Gasteiger partial charge on any atom is -0.387 e. The summed E-state index contributed by atoms with van der Waals surface area (Å²) in [6, 6.07) is 8.19. The van der Waals surface area contributed by atoms with Crippen LogP contribution in [0.25, 0.3) is 5.69 Å². The van der Waals surface area contributed by atoms with E-state index in [4.69, 9.17) is 0 Å². The van der Waals surface area contributed by atoms with Gasteiger partial charge in [-0.1, -0.05) is 17.7 Å². The van der Waals surface area contributed by atoms with Gasteiger partial charge >= 0.3 is 0 Å². The van der Waals surface area contributed by atoms with Gasteiger partial charge in [-0.3, -0.25) is 0 Å². The molecule has 2 heterocycles. The number of hydrogen-bond donors (Lipinski definition) is 2. The predicted octanol–water partition coefficient (Wildman–Crippen LogP) is 1.32. The number of nitrogens with one attached hydrogen (secondary N) is 1. The van der Waals surface area contributed by atoms with E-state index >= 15 is 0 Å². The van der Waals surface area contributed by atoms with Crippen molar-refractivity contribution in [1.29, 1.82) is 0 Å². The molecule has 0 saturated carbocycles. The number of benzene rings is 1. The third-order valence-corrected chi connectivity index (χ3v) is 3.11. The lowest BCUT2D eigenvalue weighted by atomic mass is 10.1. The van der Waals surface area contributed by atoms with Crippen molar-refractivity contribution in [1.82, 2.24) is 15.1 Å². The standard InChI is InChI=1S/C13H15N3O/c1-9-2-4-10(5-3-9)16-8-11-12(15-16)6-14-7-13(11)17/h2-5,8,13-14,17H,6-7H2,1H3. The molecule has 1 aromatic carbocycles. The zero-order valence-corrected chi connectivity index (χ0v) is 9.72. The molecule has 0 amide bonds. The predicted molar refractivity (Wildman–Crippen MR) is 65.0 cm³/mol. The van der Waals surface area contributed by atoms with Gasteiger partial charge in [-0.05, 0) is 19.1 Å². The fourth-order valence-electron chi connectivity index (χ4n) is 2.11. The third kappa shape index (κ3) is 1.85. The second kappa shape index (κ2) is 3.98. The summed E-state index contributed by atoms with van der Waals surface area (Å²) >= 11 is 0. The SMILES string of the molecule is Cc1ccc(-n2cc3c(n2)CNCC3O)cc1. The molecule has 1 atom stereocenters. The van der Waals surface area contributed by atoms with Crippen molar-refractivity contribution in [2.24, 2.45) is 0 Å². The lowest BCUT2D eigenvalue weighted by molar-refractivity contribution is 0.165. The van der Waals surface area contributed by atoms with Gasteiger partial charge < -0.3 is 10.4 Å². The van der Waals surface area contributed by atoms with Crippen molar-refractivity contribution in [3.63, 3.8) is 0 Å². The summed E-state index contributed by atoms with van der Waals surface area (Å²) < 4.78 is 1.83. The highest BCUT2D eigenvalue weighted by Gasteiger charge is 2.21. The Labute approximate surface area is 99.9 Å². The van der Waals surface area contributed by atoms with Crippen LogP contribution in [0.5, 0.6) is 0 Å². The molecular weight excluding hydrogens is 214 g/mol. The largest absolute Gasteiger partial charge is 0.387 e. The highest BCUT2D eigenvalue weighted by Crippen LogP contribution is 2.22. The van der Waals surface area contributed by atoms with Crippen LogP contribution in [0.1, 0.15) is 22.9 Å².